The Kier molecular flexibility index (Phi) is 3.04. The third kappa shape index (κ3) is 1.92. The molecule has 2 aliphatic heterocycles. The fraction of sp³-hybridized carbons (Fsp3) is 0.222. The fourth-order valence-electron chi connectivity index (χ4n) is 1.36. The summed E-state index contributed by atoms with van der Waals surface area (Å²) >= 11 is 11.6. The van der Waals surface area contributed by atoms with Gasteiger partial charge in [-0.25, -0.2) is 5.01 Å². The standard InChI is InChI=1S/C9H7BrClIN2/c1-5-2-7-6(10)4-8(11)13-14(7)9(12)3-5/h2-5H,1H3/t5-/m0/s1. The molecule has 0 N–H and O–H groups in total. The largest absolute Gasteiger partial charge is 0.226 e. The topological polar surface area (TPSA) is 15.6 Å². The van der Waals surface area contributed by atoms with Crippen LogP contribution in [0.2, 0.25) is 0 Å². The number of allylic oxidation sites excluding steroid dienone is 4. The Balaban J connectivity index is 2.46. The first-order chi connectivity index (χ1) is 6.58. The van der Waals surface area contributed by atoms with Crippen molar-refractivity contribution in [3.05, 3.63) is 32.1 Å². The van der Waals surface area contributed by atoms with Gasteiger partial charge < -0.3 is 0 Å². The van der Waals surface area contributed by atoms with Crippen molar-refractivity contribution in [3.63, 3.8) is 0 Å². The van der Waals surface area contributed by atoms with Crippen LogP contribution in [0, 0.1) is 5.92 Å². The minimum absolute atomic E-state index is 0.432. The van der Waals surface area contributed by atoms with Crippen LogP contribution in [-0.2, 0) is 0 Å². The van der Waals surface area contributed by atoms with Crippen LogP contribution >= 0.6 is 50.1 Å². The van der Waals surface area contributed by atoms with Crippen LogP contribution in [0.1, 0.15) is 6.92 Å². The van der Waals surface area contributed by atoms with Gasteiger partial charge in [-0.1, -0.05) is 24.6 Å². The van der Waals surface area contributed by atoms with Gasteiger partial charge >= 0.3 is 0 Å². The van der Waals surface area contributed by atoms with Crippen LogP contribution < -0.4 is 0 Å². The van der Waals surface area contributed by atoms with Gasteiger partial charge in [0.1, 0.15) is 0 Å². The number of nitrogens with zero attached hydrogens (tertiary/aromatic N) is 2. The zero-order valence-electron chi connectivity index (χ0n) is 7.34. The van der Waals surface area contributed by atoms with Crippen molar-refractivity contribution >= 4 is 55.3 Å². The van der Waals surface area contributed by atoms with E-state index in [1.54, 1.807) is 0 Å². The molecular weight excluding hydrogens is 378 g/mol. The summed E-state index contributed by atoms with van der Waals surface area (Å²) in [7, 11) is 0. The number of halogens is 3. The monoisotopic (exact) mass is 384 g/mol. The lowest BCUT2D eigenvalue weighted by Crippen LogP contribution is -2.22. The Labute approximate surface area is 110 Å². The molecule has 14 heavy (non-hydrogen) atoms. The Morgan fingerprint density at radius 1 is 1.57 bits per heavy atom. The summed E-state index contributed by atoms with van der Waals surface area (Å²) < 4.78 is 2.06. The molecule has 1 atom stereocenters. The summed E-state index contributed by atoms with van der Waals surface area (Å²) in [6.07, 6.45) is 6.10. The lowest BCUT2D eigenvalue weighted by Gasteiger charge is -2.29. The van der Waals surface area contributed by atoms with Crippen molar-refractivity contribution < 1.29 is 0 Å². The molecule has 0 bridgehead atoms. The van der Waals surface area contributed by atoms with E-state index in [-0.39, 0.29) is 0 Å². The molecule has 0 amide bonds. The number of hydrazone groups is 1. The van der Waals surface area contributed by atoms with Gasteiger partial charge in [-0.05, 0) is 56.6 Å². The summed E-state index contributed by atoms with van der Waals surface area (Å²) in [5.41, 5.74) is 1.06. The highest BCUT2D eigenvalue weighted by Gasteiger charge is 2.23. The highest BCUT2D eigenvalue weighted by molar-refractivity contribution is 14.1. The second kappa shape index (κ2) is 3.98. The molecule has 0 aromatic rings. The van der Waals surface area contributed by atoms with Gasteiger partial charge in [0, 0.05) is 4.48 Å². The van der Waals surface area contributed by atoms with E-state index >= 15 is 0 Å². The van der Waals surface area contributed by atoms with Gasteiger partial charge in [0.05, 0.1) is 9.40 Å². The predicted octanol–water partition coefficient (Wildman–Crippen LogP) is 3.94. The Morgan fingerprint density at radius 2 is 2.29 bits per heavy atom. The first-order valence-electron chi connectivity index (χ1n) is 4.09. The molecule has 5 heteroatoms. The Bertz CT molecular complexity index is 398. The van der Waals surface area contributed by atoms with E-state index in [4.69, 9.17) is 11.6 Å². The van der Waals surface area contributed by atoms with E-state index in [0.29, 0.717) is 11.1 Å². The van der Waals surface area contributed by atoms with Gasteiger partial charge in [0.25, 0.3) is 0 Å². The average molecular weight is 385 g/mol. The molecule has 0 aliphatic carbocycles. The highest BCUT2D eigenvalue weighted by Crippen LogP contribution is 2.36. The third-order valence-electron chi connectivity index (χ3n) is 1.94. The molecule has 2 nitrogen and oxygen atoms in total. The molecule has 0 radical (unpaired) electrons. The van der Waals surface area contributed by atoms with Crippen molar-refractivity contribution in [1.29, 1.82) is 0 Å². The molecule has 0 unspecified atom stereocenters. The predicted molar refractivity (Wildman–Crippen MR) is 71.5 cm³/mol. The second-order valence-corrected chi connectivity index (χ2v) is 5.47. The molecule has 0 aromatic heterocycles. The van der Waals surface area contributed by atoms with Gasteiger partial charge in [-0.3, -0.25) is 0 Å². The zero-order chi connectivity index (χ0) is 10.3. The van der Waals surface area contributed by atoms with Gasteiger partial charge in [-0.2, -0.15) is 5.10 Å². The number of rotatable bonds is 0. The molecule has 2 aliphatic rings. The maximum atomic E-state index is 5.88. The van der Waals surface area contributed by atoms with Crippen LogP contribution in [0.15, 0.2) is 37.2 Å². The number of fused-ring (bicyclic) bond motifs is 1. The summed E-state index contributed by atoms with van der Waals surface area (Å²) in [6.45, 7) is 2.14. The van der Waals surface area contributed by atoms with Crippen LogP contribution in [0.4, 0.5) is 0 Å². The van der Waals surface area contributed by atoms with E-state index in [1.807, 2.05) is 11.1 Å². The van der Waals surface area contributed by atoms with Gasteiger partial charge in [0.2, 0.25) is 0 Å². The maximum absolute atomic E-state index is 5.88. The Hall–Kier alpha value is 0.190. The normalized spacial score (nSPS) is 26.0. The summed E-state index contributed by atoms with van der Waals surface area (Å²) in [4.78, 5) is 0. The molecule has 0 saturated carbocycles. The van der Waals surface area contributed by atoms with Crippen LogP contribution in [0.3, 0.4) is 0 Å². The molecule has 2 heterocycles. The quantitative estimate of drug-likeness (QED) is 0.456. The van der Waals surface area contributed by atoms with Crippen molar-refractivity contribution in [2.75, 3.05) is 0 Å². The minimum Gasteiger partial charge on any atom is -0.226 e. The van der Waals surface area contributed by atoms with E-state index in [1.165, 1.54) is 0 Å². The van der Waals surface area contributed by atoms with Crippen molar-refractivity contribution in [2.45, 2.75) is 6.92 Å². The summed E-state index contributed by atoms with van der Waals surface area (Å²) in [5, 5.41) is 6.57. The molecule has 0 saturated heterocycles. The smallest absolute Gasteiger partial charge is 0.151 e. The SMILES string of the molecule is C[C@@H]1C=C(I)N2N=C(Cl)C=C(Br)C2=C1. The second-order valence-electron chi connectivity index (χ2n) is 3.13. The van der Waals surface area contributed by atoms with Crippen LogP contribution in [0.5, 0.6) is 0 Å². The number of hydrogen-bond donors (Lipinski definition) is 0. The summed E-state index contributed by atoms with van der Waals surface area (Å²) in [5.74, 6) is 0.432. The number of hydrogen-bond acceptors (Lipinski definition) is 2. The molecule has 74 valence electrons. The lowest BCUT2D eigenvalue weighted by molar-refractivity contribution is 0.484. The van der Waals surface area contributed by atoms with E-state index in [9.17, 15) is 0 Å². The molecule has 0 aromatic carbocycles. The Morgan fingerprint density at radius 3 is 3.00 bits per heavy atom. The molecule has 2 rings (SSSR count). The fourth-order valence-corrected chi connectivity index (χ4v) is 3.12. The third-order valence-corrected chi connectivity index (χ3v) is 3.57. The highest BCUT2D eigenvalue weighted by atomic mass is 127. The van der Waals surface area contributed by atoms with Crippen molar-refractivity contribution in [3.8, 4) is 0 Å². The van der Waals surface area contributed by atoms with E-state index in [0.717, 1.165) is 13.9 Å². The average Bonchev–Trinajstić information content (AvgIpc) is 2.07. The van der Waals surface area contributed by atoms with Crippen LogP contribution in [0.25, 0.3) is 0 Å². The zero-order valence-corrected chi connectivity index (χ0v) is 11.8. The first-order valence-corrected chi connectivity index (χ1v) is 6.34. The molecule has 0 fully saturated rings. The van der Waals surface area contributed by atoms with Crippen molar-refractivity contribution in [2.24, 2.45) is 11.0 Å². The van der Waals surface area contributed by atoms with Crippen LogP contribution in [-0.4, -0.2) is 10.2 Å². The van der Waals surface area contributed by atoms with Gasteiger partial charge in [0.15, 0.2) is 5.17 Å². The first kappa shape index (κ1) is 10.7. The summed E-state index contributed by atoms with van der Waals surface area (Å²) in [6, 6.07) is 0. The minimum atomic E-state index is 0.432. The lowest BCUT2D eigenvalue weighted by atomic mass is 10.1. The molecule has 0 spiro atoms. The van der Waals surface area contributed by atoms with Gasteiger partial charge in [-0.15, -0.1) is 0 Å². The maximum Gasteiger partial charge on any atom is 0.151 e. The van der Waals surface area contributed by atoms with E-state index < -0.39 is 0 Å². The van der Waals surface area contributed by atoms with Crippen molar-refractivity contribution in [1.82, 2.24) is 5.01 Å². The molecular formula is C9H7BrClIN2. The van der Waals surface area contributed by atoms with E-state index in [2.05, 4.69) is 62.7 Å².